The van der Waals surface area contributed by atoms with Crippen LogP contribution in [0.1, 0.15) is 34.6 Å². The molecule has 5 nitrogen and oxygen atoms in total. The second kappa shape index (κ2) is 6.46. The summed E-state index contributed by atoms with van der Waals surface area (Å²) in [5.41, 5.74) is 0.443. The fourth-order valence-electron chi connectivity index (χ4n) is 4.02. The second-order valence-electron chi connectivity index (χ2n) is 7.07. The molecule has 2 aromatic heterocycles. The second-order valence-corrected chi connectivity index (χ2v) is 8.05. The van der Waals surface area contributed by atoms with Crippen molar-refractivity contribution in [3.05, 3.63) is 46.4 Å². The third kappa shape index (κ3) is 3.18. The van der Waals surface area contributed by atoms with Crippen LogP contribution in [0.2, 0.25) is 0 Å². The molecule has 1 saturated carbocycles. The largest absolute Gasteiger partial charge is 0.339 e. The summed E-state index contributed by atoms with van der Waals surface area (Å²) in [6, 6.07) is 2.02. The Morgan fingerprint density at radius 3 is 2.92 bits per heavy atom. The van der Waals surface area contributed by atoms with Crippen molar-refractivity contribution in [3.8, 4) is 0 Å². The number of carbonyl (C=O) groups excluding carboxylic acids is 1. The van der Waals surface area contributed by atoms with Gasteiger partial charge in [0.2, 0.25) is 0 Å². The zero-order valence-corrected chi connectivity index (χ0v) is 15.0. The molecule has 0 bridgehead atoms. The van der Waals surface area contributed by atoms with E-state index in [1.807, 2.05) is 11.6 Å². The lowest BCUT2D eigenvalue weighted by atomic mass is 9.92. The zero-order valence-electron chi connectivity index (χ0n) is 14.2. The van der Waals surface area contributed by atoms with Crippen LogP contribution in [-0.4, -0.2) is 51.9 Å². The van der Waals surface area contributed by atoms with Gasteiger partial charge in [0.15, 0.2) is 5.82 Å². The van der Waals surface area contributed by atoms with Crippen LogP contribution in [-0.2, 0) is 6.54 Å². The molecule has 25 heavy (non-hydrogen) atoms. The third-order valence-corrected chi connectivity index (χ3v) is 6.36. The Labute approximate surface area is 150 Å². The molecule has 1 saturated heterocycles. The minimum Gasteiger partial charge on any atom is -0.339 e. The van der Waals surface area contributed by atoms with Crippen LogP contribution >= 0.6 is 11.3 Å². The summed E-state index contributed by atoms with van der Waals surface area (Å²) in [5, 5.41) is 3.15. The smallest absolute Gasteiger partial charge is 0.256 e. The van der Waals surface area contributed by atoms with Crippen LogP contribution in [0.5, 0.6) is 0 Å². The predicted octanol–water partition coefficient (Wildman–Crippen LogP) is 2.80. The van der Waals surface area contributed by atoms with Gasteiger partial charge in [-0.15, -0.1) is 11.3 Å². The number of pyridine rings is 1. The number of hydrogen-bond donors (Lipinski definition) is 0. The van der Waals surface area contributed by atoms with E-state index in [1.54, 1.807) is 16.2 Å². The van der Waals surface area contributed by atoms with Gasteiger partial charge in [0, 0.05) is 36.9 Å². The van der Waals surface area contributed by atoms with E-state index in [-0.39, 0.29) is 11.5 Å². The highest BCUT2D eigenvalue weighted by Gasteiger charge is 2.56. The minimum absolute atomic E-state index is 0.124. The Balaban J connectivity index is 1.35. The molecule has 1 spiro atoms. The average Bonchev–Trinajstić information content (AvgIpc) is 3.07. The Morgan fingerprint density at radius 1 is 1.44 bits per heavy atom. The van der Waals surface area contributed by atoms with Gasteiger partial charge in [-0.05, 0) is 37.8 Å². The lowest BCUT2D eigenvalue weighted by molar-refractivity contribution is 0.0653. The van der Waals surface area contributed by atoms with Crippen LogP contribution in [0.4, 0.5) is 4.39 Å². The van der Waals surface area contributed by atoms with Gasteiger partial charge in [0.1, 0.15) is 5.01 Å². The first-order valence-electron chi connectivity index (χ1n) is 8.56. The van der Waals surface area contributed by atoms with E-state index in [2.05, 4.69) is 21.9 Å². The number of thiazole rings is 1. The molecule has 2 fully saturated rings. The van der Waals surface area contributed by atoms with E-state index in [0.717, 1.165) is 30.6 Å². The number of carbonyl (C=O) groups is 1. The summed E-state index contributed by atoms with van der Waals surface area (Å²) in [6.45, 7) is 2.28. The van der Waals surface area contributed by atoms with Crippen molar-refractivity contribution in [3.63, 3.8) is 0 Å². The Hall–Kier alpha value is -1.86. The molecule has 2 aliphatic rings. The van der Waals surface area contributed by atoms with Crippen LogP contribution in [0.25, 0.3) is 0 Å². The molecule has 0 aromatic carbocycles. The Kier molecular flexibility index (Phi) is 4.29. The number of rotatable bonds is 4. The first-order chi connectivity index (χ1) is 12.1. The van der Waals surface area contributed by atoms with Gasteiger partial charge in [0.05, 0.1) is 18.3 Å². The normalized spacial score (nSPS) is 21.7. The summed E-state index contributed by atoms with van der Waals surface area (Å²) >= 11 is 1.69. The summed E-state index contributed by atoms with van der Waals surface area (Å²) in [5.74, 6) is -0.761. The minimum atomic E-state index is -0.541. The van der Waals surface area contributed by atoms with Crippen molar-refractivity contribution >= 4 is 17.2 Å². The molecule has 3 heterocycles. The summed E-state index contributed by atoms with van der Waals surface area (Å²) in [7, 11) is 2.16. The van der Waals surface area contributed by atoms with Gasteiger partial charge in [-0.3, -0.25) is 14.7 Å². The fourth-order valence-corrected chi connectivity index (χ4v) is 4.69. The van der Waals surface area contributed by atoms with Crippen LogP contribution in [0, 0.1) is 11.2 Å². The van der Waals surface area contributed by atoms with E-state index >= 15 is 0 Å². The molecule has 0 unspecified atom stereocenters. The van der Waals surface area contributed by atoms with Crippen molar-refractivity contribution < 1.29 is 9.18 Å². The van der Waals surface area contributed by atoms with E-state index in [0.29, 0.717) is 24.5 Å². The summed E-state index contributed by atoms with van der Waals surface area (Å²) < 4.78 is 13.8. The molecular weight excluding hydrogens is 339 g/mol. The van der Waals surface area contributed by atoms with E-state index in [4.69, 9.17) is 0 Å². The molecule has 1 amide bonds. The van der Waals surface area contributed by atoms with Crippen molar-refractivity contribution in [1.82, 2.24) is 19.8 Å². The Bertz CT molecular complexity index is 758. The SMILES string of the molecule is CN(Cc1nccs1)[C@H]1CC12CCN(C(=O)c1ccncc1F)CC2. The van der Waals surface area contributed by atoms with Gasteiger partial charge in [-0.1, -0.05) is 0 Å². The van der Waals surface area contributed by atoms with E-state index in [1.165, 1.54) is 18.7 Å². The quantitative estimate of drug-likeness (QED) is 0.841. The van der Waals surface area contributed by atoms with Crippen molar-refractivity contribution in [2.24, 2.45) is 5.41 Å². The highest BCUT2D eigenvalue weighted by atomic mass is 32.1. The van der Waals surface area contributed by atoms with Crippen LogP contribution in [0.3, 0.4) is 0 Å². The Morgan fingerprint density at radius 2 is 2.24 bits per heavy atom. The van der Waals surface area contributed by atoms with Gasteiger partial charge in [-0.2, -0.15) is 0 Å². The lowest BCUT2D eigenvalue weighted by Gasteiger charge is -2.34. The molecule has 1 aliphatic carbocycles. The highest BCUT2D eigenvalue weighted by molar-refractivity contribution is 7.09. The van der Waals surface area contributed by atoms with Gasteiger partial charge in [-0.25, -0.2) is 9.37 Å². The maximum atomic E-state index is 13.8. The molecule has 0 N–H and O–H groups in total. The van der Waals surface area contributed by atoms with Crippen LogP contribution < -0.4 is 0 Å². The number of piperidine rings is 1. The number of halogens is 1. The topological polar surface area (TPSA) is 49.3 Å². The fraction of sp³-hybridized carbons (Fsp3) is 0.500. The third-order valence-electron chi connectivity index (χ3n) is 5.60. The standard InChI is InChI=1S/C18H21FN4OS/c1-22(12-16-21-6-9-25-16)15-10-18(15)3-7-23(8-4-18)17(24)13-2-5-20-11-14(13)19/h2,5-6,9,11,15H,3-4,7-8,10,12H2,1H3/t15-/m0/s1. The summed E-state index contributed by atoms with van der Waals surface area (Å²) in [4.78, 5) is 24.8. The maximum absolute atomic E-state index is 13.8. The maximum Gasteiger partial charge on any atom is 0.256 e. The molecule has 0 radical (unpaired) electrons. The zero-order chi connectivity index (χ0) is 17.4. The number of hydrogen-bond acceptors (Lipinski definition) is 5. The first-order valence-corrected chi connectivity index (χ1v) is 9.44. The lowest BCUT2D eigenvalue weighted by Crippen LogP contribution is -2.41. The van der Waals surface area contributed by atoms with Crippen molar-refractivity contribution in [1.29, 1.82) is 0 Å². The molecule has 7 heteroatoms. The number of nitrogens with zero attached hydrogens (tertiary/aromatic N) is 4. The van der Waals surface area contributed by atoms with Crippen LogP contribution in [0.15, 0.2) is 30.0 Å². The van der Waals surface area contributed by atoms with Gasteiger partial charge < -0.3 is 4.90 Å². The molecule has 1 aliphatic heterocycles. The molecule has 4 rings (SSSR count). The molecule has 132 valence electrons. The number of aromatic nitrogens is 2. The predicted molar refractivity (Wildman–Crippen MR) is 93.8 cm³/mol. The van der Waals surface area contributed by atoms with E-state index in [9.17, 15) is 9.18 Å². The molecular formula is C18H21FN4OS. The highest BCUT2D eigenvalue weighted by Crippen LogP contribution is 2.56. The number of amides is 1. The van der Waals surface area contributed by atoms with Gasteiger partial charge >= 0.3 is 0 Å². The molecule has 2 aromatic rings. The first kappa shape index (κ1) is 16.6. The van der Waals surface area contributed by atoms with E-state index < -0.39 is 5.82 Å². The summed E-state index contributed by atoms with van der Waals surface area (Å²) in [6.07, 6.45) is 7.56. The average molecular weight is 360 g/mol. The monoisotopic (exact) mass is 360 g/mol. The van der Waals surface area contributed by atoms with Crippen molar-refractivity contribution in [2.75, 3.05) is 20.1 Å². The molecule has 1 atom stereocenters. The van der Waals surface area contributed by atoms with Gasteiger partial charge in [0.25, 0.3) is 5.91 Å². The number of likely N-dealkylation sites (tertiary alicyclic amines) is 1. The van der Waals surface area contributed by atoms with Crippen molar-refractivity contribution in [2.45, 2.75) is 31.8 Å².